The summed E-state index contributed by atoms with van der Waals surface area (Å²) in [6.45, 7) is 1.07. The van der Waals surface area contributed by atoms with Crippen LogP contribution in [0.3, 0.4) is 0 Å². The van der Waals surface area contributed by atoms with E-state index in [4.69, 9.17) is 14.6 Å². The third-order valence-corrected chi connectivity index (χ3v) is 2.26. The van der Waals surface area contributed by atoms with Crippen LogP contribution >= 0.6 is 0 Å². The van der Waals surface area contributed by atoms with E-state index in [1.54, 1.807) is 31.4 Å². The molecule has 0 unspecified atom stereocenters. The molecule has 1 aromatic rings. The molecule has 0 aliphatic carbocycles. The molecule has 0 aliphatic rings. The topological polar surface area (TPSA) is 67.8 Å². The lowest BCUT2D eigenvalue weighted by atomic mass is 10.2. The largest absolute Gasteiger partial charge is 0.491 e. The number of anilines is 1. The zero-order valence-electron chi connectivity index (χ0n) is 10.5. The van der Waals surface area contributed by atoms with Gasteiger partial charge in [0.1, 0.15) is 12.4 Å². The van der Waals surface area contributed by atoms with Crippen molar-refractivity contribution in [2.24, 2.45) is 0 Å². The first-order chi connectivity index (χ1) is 8.76. The van der Waals surface area contributed by atoms with Crippen molar-refractivity contribution >= 4 is 11.6 Å². The fourth-order valence-corrected chi connectivity index (χ4v) is 1.34. The number of methoxy groups -OCH3 is 1. The summed E-state index contributed by atoms with van der Waals surface area (Å²) in [7, 11) is 1.62. The second-order valence-electron chi connectivity index (χ2n) is 3.74. The lowest BCUT2D eigenvalue weighted by Gasteiger charge is -2.07. The zero-order valence-corrected chi connectivity index (χ0v) is 10.5. The van der Waals surface area contributed by atoms with Crippen molar-refractivity contribution in [3.63, 3.8) is 0 Å². The fraction of sp³-hybridized carbons (Fsp3) is 0.462. The van der Waals surface area contributed by atoms with Crippen molar-refractivity contribution in [2.75, 3.05) is 32.2 Å². The van der Waals surface area contributed by atoms with Gasteiger partial charge in [0.05, 0.1) is 6.61 Å². The molecule has 0 fully saturated rings. The molecule has 0 heterocycles. The molecule has 0 radical (unpaired) electrons. The Morgan fingerprint density at radius 2 is 2.00 bits per heavy atom. The minimum Gasteiger partial charge on any atom is -0.491 e. The third kappa shape index (κ3) is 5.65. The van der Waals surface area contributed by atoms with Crippen LogP contribution in [-0.4, -0.2) is 37.9 Å². The molecule has 5 nitrogen and oxygen atoms in total. The molecule has 0 aliphatic heterocycles. The predicted octanol–water partition coefficient (Wildman–Crippen LogP) is 1.42. The first kappa shape index (κ1) is 14.5. The molecule has 0 saturated heterocycles. The van der Waals surface area contributed by atoms with Gasteiger partial charge in [-0.15, -0.1) is 0 Å². The number of ether oxygens (including phenoxy) is 2. The average Bonchev–Trinajstić information content (AvgIpc) is 2.39. The van der Waals surface area contributed by atoms with E-state index in [2.05, 4.69) is 5.32 Å². The van der Waals surface area contributed by atoms with Gasteiger partial charge in [-0.2, -0.15) is 0 Å². The van der Waals surface area contributed by atoms with Gasteiger partial charge in [0.2, 0.25) is 5.91 Å². The van der Waals surface area contributed by atoms with Crippen LogP contribution in [0.15, 0.2) is 24.3 Å². The smallest absolute Gasteiger partial charge is 0.224 e. The maximum absolute atomic E-state index is 11.4. The second kappa shape index (κ2) is 8.49. The van der Waals surface area contributed by atoms with Gasteiger partial charge in [0.15, 0.2) is 0 Å². The van der Waals surface area contributed by atoms with Crippen molar-refractivity contribution < 1.29 is 19.4 Å². The van der Waals surface area contributed by atoms with E-state index in [0.29, 0.717) is 26.1 Å². The molecule has 2 N–H and O–H groups in total. The molecule has 0 atom stereocenters. The maximum atomic E-state index is 11.4. The van der Waals surface area contributed by atoms with Gasteiger partial charge >= 0.3 is 0 Å². The van der Waals surface area contributed by atoms with E-state index in [1.807, 2.05) is 0 Å². The van der Waals surface area contributed by atoms with Gasteiger partial charge in [-0.25, -0.2) is 0 Å². The molecule has 0 bridgehead atoms. The van der Waals surface area contributed by atoms with Gasteiger partial charge in [0.25, 0.3) is 0 Å². The summed E-state index contributed by atoms with van der Waals surface area (Å²) in [6, 6.07) is 7.13. The van der Waals surface area contributed by atoms with E-state index in [0.717, 1.165) is 11.4 Å². The van der Waals surface area contributed by atoms with Crippen molar-refractivity contribution in [1.29, 1.82) is 0 Å². The number of hydrogen-bond acceptors (Lipinski definition) is 4. The first-order valence-electron chi connectivity index (χ1n) is 5.88. The summed E-state index contributed by atoms with van der Waals surface area (Å²) in [4.78, 5) is 11.4. The molecule has 18 heavy (non-hydrogen) atoms. The Hall–Kier alpha value is -1.59. The highest BCUT2D eigenvalue weighted by Crippen LogP contribution is 2.15. The molecular weight excluding hydrogens is 234 g/mol. The van der Waals surface area contributed by atoms with Gasteiger partial charge < -0.3 is 19.9 Å². The van der Waals surface area contributed by atoms with Gasteiger partial charge in [-0.05, 0) is 30.7 Å². The number of rotatable bonds is 8. The average molecular weight is 253 g/mol. The Morgan fingerprint density at radius 1 is 1.28 bits per heavy atom. The highest BCUT2D eigenvalue weighted by molar-refractivity contribution is 5.90. The number of aliphatic hydroxyl groups excluding tert-OH is 1. The Balaban J connectivity index is 2.37. The van der Waals surface area contributed by atoms with Crippen LogP contribution in [0, 0.1) is 0 Å². The molecule has 0 aromatic heterocycles. The second-order valence-corrected chi connectivity index (χ2v) is 3.74. The van der Waals surface area contributed by atoms with Crippen LogP contribution in [0.5, 0.6) is 5.75 Å². The molecule has 0 saturated carbocycles. The minimum atomic E-state index is -0.0999. The predicted molar refractivity (Wildman–Crippen MR) is 68.8 cm³/mol. The third-order valence-electron chi connectivity index (χ3n) is 2.26. The lowest BCUT2D eigenvalue weighted by molar-refractivity contribution is -0.116. The lowest BCUT2D eigenvalue weighted by Crippen LogP contribution is -2.11. The van der Waals surface area contributed by atoms with Crippen molar-refractivity contribution in [2.45, 2.75) is 12.8 Å². The highest BCUT2D eigenvalue weighted by atomic mass is 16.5. The van der Waals surface area contributed by atoms with Crippen LogP contribution in [0.4, 0.5) is 5.69 Å². The number of amides is 1. The van der Waals surface area contributed by atoms with Gasteiger partial charge in [-0.1, -0.05) is 0 Å². The number of nitrogens with one attached hydrogen (secondary N) is 1. The van der Waals surface area contributed by atoms with E-state index >= 15 is 0 Å². The Kier molecular flexibility index (Phi) is 6.83. The summed E-state index contributed by atoms with van der Waals surface area (Å²) in [5.74, 6) is 0.637. The zero-order chi connectivity index (χ0) is 13.2. The maximum Gasteiger partial charge on any atom is 0.224 e. The van der Waals surface area contributed by atoms with E-state index in [1.165, 1.54) is 0 Å². The summed E-state index contributed by atoms with van der Waals surface area (Å²) >= 11 is 0. The number of carbonyl (C=O) groups is 1. The molecule has 100 valence electrons. The normalized spacial score (nSPS) is 10.1. The standard InChI is InChI=1S/C13H19NO4/c1-17-9-10-18-12-6-4-11(5-7-12)14-13(16)3-2-8-15/h4-7,15H,2-3,8-10H2,1H3,(H,14,16). The van der Waals surface area contributed by atoms with E-state index < -0.39 is 0 Å². The van der Waals surface area contributed by atoms with Crippen LogP contribution in [0.1, 0.15) is 12.8 Å². The quantitative estimate of drug-likeness (QED) is 0.688. The highest BCUT2D eigenvalue weighted by Gasteiger charge is 2.02. The Bertz CT molecular complexity index is 351. The summed E-state index contributed by atoms with van der Waals surface area (Å²) in [6.07, 6.45) is 0.798. The van der Waals surface area contributed by atoms with Crippen molar-refractivity contribution in [3.05, 3.63) is 24.3 Å². The summed E-state index contributed by atoms with van der Waals surface area (Å²) < 4.78 is 10.3. The molecule has 1 aromatic carbocycles. The van der Waals surface area contributed by atoms with Crippen LogP contribution in [0.25, 0.3) is 0 Å². The first-order valence-corrected chi connectivity index (χ1v) is 5.88. The van der Waals surface area contributed by atoms with Crippen LogP contribution in [-0.2, 0) is 9.53 Å². The molecule has 1 amide bonds. The summed E-state index contributed by atoms with van der Waals surface area (Å²) in [5, 5.41) is 11.4. The Morgan fingerprint density at radius 3 is 2.61 bits per heavy atom. The number of hydrogen-bond donors (Lipinski definition) is 2. The van der Waals surface area contributed by atoms with Gasteiger partial charge in [0, 0.05) is 25.8 Å². The monoisotopic (exact) mass is 253 g/mol. The van der Waals surface area contributed by atoms with Gasteiger partial charge in [-0.3, -0.25) is 4.79 Å². The van der Waals surface area contributed by atoms with Crippen molar-refractivity contribution in [1.82, 2.24) is 0 Å². The Labute approximate surface area is 107 Å². The van der Waals surface area contributed by atoms with Crippen LogP contribution in [0.2, 0.25) is 0 Å². The molecule has 0 spiro atoms. The van der Waals surface area contributed by atoms with Crippen LogP contribution < -0.4 is 10.1 Å². The number of benzene rings is 1. The minimum absolute atomic E-state index is 0.0275. The fourth-order valence-electron chi connectivity index (χ4n) is 1.34. The SMILES string of the molecule is COCCOc1ccc(NC(=O)CCCO)cc1. The molecule has 5 heteroatoms. The molecule has 1 rings (SSSR count). The number of carbonyl (C=O) groups excluding carboxylic acids is 1. The summed E-state index contributed by atoms with van der Waals surface area (Å²) in [5.41, 5.74) is 0.719. The van der Waals surface area contributed by atoms with Crippen molar-refractivity contribution in [3.8, 4) is 5.75 Å². The van der Waals surface area contributed by atoms with E-state index in [9.17, 15) is 4.79 Å². The van der Waals surface area contributed by atoms with E-state index in [-0.39, 0.29) is 12.5 Å². The molecular formula is C13H19NO4. The number of aliphatic hydroxyl groups is 1.